The summed E-state index contributed by atoms with van der Waals surface area (Å²) in [5.41, 5.74) is 5.64. The van der Waals surface area contributed by atoms with Crippen LogP contribution in [0.1, 0.15) is 39.1 Å². The predicted molar refractivity (Wildman–Crippen MR) is 90.2 cm³/mol. The maximum Gasteiger partial charge on any atom is 0.0890 e. The molecule has 4 heteroatoms. The monoisotopic (exact) mass is 292 g/mol. The number of para-hydroxylation sites is 2. The van der Waals surface area contributed by atoms with Gasteiger partial charge in [0.25, 0.3) is 0 Å². The van der Waals surface area contributed by atoms with Crippen LogP contribution in [0.3, 0.4) is 0 Å². The fraction of sp³-hybridized carbons (Fsp3) is 0.444. The van der Waals surface area contributed by atoms with Gasteiger partial charge in [-0.25, -0.2) is 9.97 Å². The highest BCUT2D eigenvalue weighted by Gasteiger charge is 2.49. The number of fused-ring (bicyclic) bond motifs is 3. The van der Waals surface area contributed by atoms with E-state index in [1.54, 1.807) is 0 Å². The highest BCUT2D eigenvalue weighted by atomic mass is 15.0. The smallest absolute Gasteiger partial charge is 0.0890 e. The van der Waals surface area contributed by atoms with Gasteiger partial charge < -0.3 is 0 Å². The minimum atomic E-state index is -0.249. The third-order valence-corrected chi connectivity index (χ3v) is 4.80. The third-order valence-electron chi connectivity index (χ3n) is 4.80. The van der Waals surface area contributed by atoms with Gasteiger partial charge in [0.1, 0.15) is 0 Å². The van der Waals surface area contributed by atoms with Gasteiger partial charge in [0, 0.05) is 0 Å². The molecular formula is C18H20N4. The lowest BCUT2D eigenvalue weighted by molar-refractivity contribution is 0.581. The van der Waals surface area contributed by atoms with Gasteiger partial charge in [-0.1, -0.05) is 12.1 Å². The van der Waals surface area contributed by atoms with Crippen LogP contribution in [0.4, 0.5) is 0 Å². The molecule has 0 atom stereocenters. The van der Waals surface area contributed by atoms with Crippen molar-refractivity contribution < 1.29 is 0 Å². The van der Waals surface area contributed by atoms with Crippen LogP contribution in [0.15, 0.2) is 34.3 Å². The maximum atomic E-state index is 4.96. The Kier molecular flexibility index (Phi) is 2.60. The lowest BCUT2D eigenvalue weighted by atomic mass is 9.64. The minimum Gasteiger partial charge on any atom is -0.285 e. The first-order chi connectivity index (χ1) is 10.4. The molecule has 0 amide bonds. The molecule has 0 spiro atoms. The van der Waals surface area contributed by atoms with Gasteiger partial charge in [-0.3, -0.25) is 9.98 Å². The standard InChI is InChI=1S/C18H20N4/c1-17(2)13-14(20-10-9-19-13)18(3,4)16-15(17)21-11-7-5-6-8-12(11)22-16/h5-8H,9-10H2,1-4H3. The molecule has 0 saturated carbocycles. The Morgan fingerprint density at radius 2 is 1.14 bits per heavy atom. The Balaban J connectivity index is 2.11. The van der Waals surface area contributed by atoms with Crippen molar-refractivity contribution in [3.8, 4) is 0 Å². The minimum absolute atomic E-state index is 0.249. The summed E-state index contributed by atoms with van der Waals surface area (Å²) >= 11 is 0. The van der Waals surface area contributed by atoms with Crippen molar-refractivity contribution in [1.82, 2.24) is 9.97 Å². The van der Waals surface area contributed by atoms with Crippen LogP contribution in [-0.2, 0) is 10.8 Å². The average molecular weight is 292 g/mol. The van der Waals surface area contributed by atoms with Gasteiger partial charge in [-0.15, -0.1) is 0 Å². The highest BCUT2D eigenvalue weighted by Crippen LogP contribution is 2.42. The SMILES string of the molecule is CC1(C)C2=NCCN=C2C(C)(C)c2nc3ccccc3nc21. The van der Waals surface area contributed by atoms with Crippen LogP contribution in [0, 0.1) is 0 Å². The number of rotatable bonds is 0. The molecule has 0 N–H and O–H groups in total. The quantitative estimate of drug-likeness (QED) is 0.749. The second kappa shape index (κ2) is 4.22. The first-order valence-corrected chi connectivity index (χ1v) is 7.80. The van der Waals surface area contributed by atoms with Crippen LogP contribution in [-0.4, -0.2) is 34.5 Å². The summed E-state index contributed by atoms with van der Waals surface area (Å²) in [6.45, 7) is 10.3. The average Bonchev–Trinajstić information content (AvgIpc) is 2.52. The summed E-state index contributed by atoms with van der Waals surface area (Å²) in [4.78, 5) is 19.5. The van der Waals surface area contributed by atoms with Gasteiger partial charge in [0.15, 0.2) is 0 Å². The molecule has 1 aliphatic heterocycles. The molecule has 0 fully saturated rings. The van der Waals surface area contributed by atoms with E-state index in [0.29, 0.717) is 0 Å². The zero-order valence-corrected chi connectivity index (χ0v) is 13.5. The number of aromatic nitrogens is 2. The van der Waals surface area contributed by atoms with E-state index in [2.05, 4.69) is 27.7 Å². The molecule has 2 aromatic rings. The van der Waals surface area contributed by atoms with Crippen molar-refractivity contribution in [2.75, 3.05) is 13.1 Å². The van der Waals surface area contributed by atoms with E-state index >= 15 is 0 Å². The zero-order chi connectivity index (χ0) is 15.5. The summed E-state index contributed by atoms with van der Waals surface area (Å²) in [5, 5.41) is 0. The molecule has 4 rings (SSSR count). The summed E-state index contributed by atoms with van der Waals surface area (Å²) in [6.07, 6.45) is 0. The van der Waals surface area contributed by atoms with Crippen molar-refractivity contribution in [2.24, 2.45) is 9.98 Å². The van der Waals surface area contributed by atoms with Crippen LogP contribution in [0.5, 0.6) is 0 Å². The van der Waals surface area contributed by atoms with Gasteiger partial charge in [-0.2, -0.15) is 0 Å². The summed E-state index contributed by atoms with van der Waals surface area (Å²) in [7, 11) is 0. The zero-order valence-electron chi connectivity index (χ0n) is 13.5. The van der Waals surface area contributed by atoms with E-state index in [-0.39, 0.29) is 10.8 Å². The van der Waals surface area contributed by atoms with Crippen LogP contribution in [0.25, 0.3) is 11.0 Å². The molecule has 1 aromatic carbocycles. The summed E-state index contributed by atoms with van der Waals surface area (Å²) in [5.74, 6) is 0. The Morgan fingerprint density at radius 1 is 0.727 bits per heavy atom. The molecule has 2 aliphatic rings. The number of benzene rings is 1. The molecule has 0 bridgehead atoms. The topological polar surface area (TPSA) is 50.5 Å². The second-order valence-electron chi connectivity index (χ2n) is 7.12. The number of nitrogens with zero attached hydrogens (tertiary/aromatic N) is 4. The van der Waals surface area contributed by atoms with E-state index in [4.69, 9.17) is 20.0 Å². The molecule has 4 nitrogen and oxygen atoms in total. The largest absolute Gasteiger partial charge is 0.285 e. The lowest BCUT2D eigenvalue weighted by Crippen LogP contribution is -2.53. The molecule has 0 saturated heterocycles. The molecule has 0 radical (unpaired) electrons. The molecule has 0 unspecified atom stereocenters. The normalized spacial score (nSPS) is 21.6. The number of hydrogen-bond acceptors (Lipinski definition) is 4. The highest BCUT2D eigenvalue weighted by molar-refractivity contribution is 6.49. The van der Waals surface area contributed by atoms with Crippen LogP contribution < -0.4 is 0 Å². The summed E-state index contributed by atoms with van der Waals surface area (Å²) < 4.78 is 0. The number of aliphatic imine (C=N–C) groups is 2. The van der Waals surface area contributed by atoms with Crippen molar-refractivity contribution in [3.63, 3.8) is 0 Å². The third kappa shape index (κ3) is 1.64. The van der Waals surface area contributed by atoms with Gasteiger partial charge in [0.2, 0.25) is 0 Å². The van der Waals surface area contributed by atoms with E-state index in [0.717, 1.165) is 46.9 Å². The Labute approximate surface area is 130 Å². The Bertz CT molecular complexity index is 773. The second-order valence-corrected chi connectivity index (χ2v) is 7.12. The molecule has 112 valence electrons. The first-order valence-electron chi connectivity index (χ1n) is 7.80. The van der Waals surface area contributed by atoms with Gasteiger partial charge >= 0.3 is 0 Å². The Morgan fingerprint density at radius 3 is 1.55 bits per heavy atom. The molecule has 2 heterocycles. The van der Waals surface area contributed by atoms with Crippen molar-refractivity contribution in [3.05, 3.63) is 35.7 Å². The van der Waals surface area contributed by atoms with Crippen molar-refractivity contribution in [2.45, 2.75) is 38.5 Å². The predicted octanol–water partition coefficient (Wildman–Crippen LogP) is 3.09. The maximum absolute atomic E-state index is 4.96. The van der Waals surface area contributed by atoms with Crippen molar-refractivity contribution >= 4 is 22.5 Å². The summed E-state index contributed by atoms with van der Waals surface area (Å²) in [6, 6.07) is 8.07. The van der Waals surface area contributed by atoms with E-state index in [1.807, 2.05) is 24.3 Å². The fourth-order valence-electron chi connectivity index (χ4n) is 3.56. The van der Waals surface area contributed by atoms with E-state index in [9.17, 15) is 0 Å². The van der Waals surface area contributed by atoms with Crippen molar-refractivity contribution in [1.29, 1.82) is 0 Å². The first kappa shape index (κ1) is 13.6. The van der Waals surface area contributed by atoms with Crippen LogP contribution >= 0.6 is 0 Å². The van der Waals surface area contributed by atoms with E-state index < -0.39 is 0 Å². The molecular weight excluding hydrogens is 272 g/mol. The van der Waals surface area contributed by atoms with Gasteiger partial charge in [0.05, 0.1) is 57.8 Å². The van der Waals surface area contributed by atoms with Crippen LogP contribution in [0.2, 0.25) is 0 Å². The Hall–Kier alpha value is -2.10. The number of hydrogen-bond donors (Lipinski definition) is 0. The molecule has 1 aromatic heterocycles. The molecule has 1 aliphatic carbocycles. The lowest BCUT2D eigenvalue weighted by Gasteiger charge is -2.43. The fourth-order valence-corrected chi connectivity index (χ4v) is 3.56. The molecule has 22 heavy (non-hydrogen) atoms. The van der Waals surface area contributed by atoms with E-state index in [1.165, 1.54) is 0 Å². The van der Waals surface area contributed by atoms with Gasteiger partial charge in [-0.05, 0) is 39.8 Å².